The molecule has 0 saturated heterocycles. The molecule has 0 aliphatic carbocycles. The average molecular weight is 329 g/mol. The number of carbonyl (C=O) groups excluding carboxylic acids is 1. The number of anilines is 1. The second kappa shape index (κ2) is 5.87. The molecule has 0 atom stereocenters. The number of fused-ring (bicyclic) bond motifs is 1. The number of hydrogen-bond donors (Lipinski definition) is 1. The van der Waals surface area contributed by atoms with Gasteiger partial charge in [0.1, 0.15) is 12.9 Å². The van der Waals surface area contributed by atoms with Crippen LogP contribution in [0.15, 0.2) is 35.4 Å². The van der Waals surface area contributed by atoms with Crippen LogP contribution in [0.4, 0.5) is 11.4 Å². The number of benzene rings is 1. The van der Waals surface area contributed by atoms with E-state index in [4.69, 9.17) is 0 Å². The lowest BCUT2D eigenvalue weighted by molar-refractivity contribution is -0.384. The predicted octanol–water partition coefficient (Wildman–Crippen LogP) is 0.0719. The number of rotatable bonds is 4. The van der Waals surface area contributed by atoms with E-state index < -0.39 is 16.4 Å². The first-order valence-electron chi connectivity index (χ1n) is 6.75. The summed E-state index contributed by atoms with van der Waals surface area (Å²) in [5.74, 6) is -0.476. The van der Waals surface area contributed by atoms with Gasteiger partial charge in [-0.15, -0.1) is 5.10 Å². The van der Waals surface area contributed by atoms with Gasteiger partial charge >= 0.3 is 0 Å². The van der Waals surface area contributed by atoms with E-state index in [1.54, 1.807) is 7.05 Å². The summed E-state index contributed by atoms with van der Waals surface area (Å²) >= 11 is 0. The van der Waals surface area contributed by atoms with E-state index in [0.29, 0.717) is 11.3 Å². The van der Waals surface area contributed by atoms with Crippen LogP contribution in [-0.4, -0.2) is 35.4 Å². The highest BCUT2D eigenvalue weighted by Gasteiger charge is 2.12. The van der Waals surface area contributed by atoms with Crippen LogP contribution >= 0.6 is 0 Å². The Morgan fingerprint density at radius 2 is 2.04 bits per heavy atom. The van der Waals surface area contributed by atoms with Gasteiger partial charge in [0.25, 0.3) is 11.2 Å². The second-order valence-electron chi connectivity index (χ2n) is 4.92. The van der Waals surface area contributed by atoms with Crippen molar-refractivity contribution >= 4 is 28.4 Å². The maximum atomic E-state index is 12.2. The first-order chi connectivity index (χ1) is 11.5. The van der Waals surface area contributed by atoms with Crippen LogP contribution in [0.25, 0.3) is 11.2 Å². The van der Waals surface area contributed by atoms with Gasteiger partial charge in [-0.1, -0.05) is 5.21 Å². The van der Waals surface area contributed by atoms with Crippen molar-refractivity contribution in [3.63, 3.8) is 0 Å². The number of hydrogen-bond acceptors (Lipinski definition) is 7. The first kappa shape index (κ1) is 15.3. The summed E-state index contributed by atoms with van der Waals surface area (Å²) in [4.78, 5) is 38.3. The molecule has 0 saturated carbocycles. The standard InChI is InChI=1S/C13H11N7O4/c1-18-12-11(16-17-18)13(22)19(7-14-12)6-10(21)15-8-2-4-9(5-3-8)20(23)24/h2-5,7H,6H2,1H3,(H,15,21). The van der Waals surface area contributed by atoms with Crippen molar-refractivity contribution in [2.24, 2.45) is 7.05 Å². The van der Waals surface area contributed by atoms with Crippen molar-refractivity contribution in [2.75, 3.05) is 5.32 Å². The van der Waals surface area contributed by atoms with Gasteiger partial charge in [0.05, 0.1) is 4.92 Å². The number of aromatic nitrogens is 5. The number of nitro groups is 1. The predicted molar refractivity (Wildman–Crippen MR) is 82.3 cm³/mol. The molecular weight excluding hydrogens is 318 g/mol. The summed E-state index contributed by atoms with van der Waals surface area (Å²) in [6.45, 7) is -0.269. The molecule has 2 aromatic heterocycles. The minimum atomic E-state index is -0.535. The number of non-ortho nitro benzene ring substituents is 1. The van der Waals surface area contributed by atoms with E-state index in [1.807, 2.05) is 0 Å². The van der Waals surface area contributed by atoms with Crippen LogP contribution in [0.5, 0.6) is 0 Å². The van der Waals surface area contributed by atoms with Crippen LogP contribution in [0.1, 0.15) is 0 Å². The molecule has 0 unspecified atom stereocenters. The fraction of sp³-hybridized carbons (Fsp3) is 0.154. The van der Waals surface area contributed by atoms with Crippen molar-refractivity contribution in [1.29, 1.82) is 0 Å². The topological polar surface area (TPSA) is 138 Å². The summed E-state index contributed by atoms with van der Waals surface area (Å²) in [6, 6.07) is 5.36. The van der Waals surface area contributed by atoms with Gasteiger partial charge in [-0.2, -0.15) is 0 Å². The Morgan fingerprint density at radius 3 is 2.71 bits per heavy atom. The second-order valence-corrected chi connectivity index (χ2v) is 4.92. The number of nitro benzene ring substituents is 1. The molecule has 0 bridgehead atoms. The molecule has 0 aliphatic heterocycles. The monoisotopic (exact) mass is 329 g/mol. The molecular formula is C13H11N7O4. The smallest absolute Gasteiger partial charge is 0.283 e. The first-order valence-corrected chi connectivity index (χ1v) is 6.75. The molecule has 0 spiro atoms. The van der Waals surface area contributed by atoms with Gasteiger partial charge in [0.15, 0.2) is 11.2 Å². The molecule has 122 valence electrons. The zero-order chi connectivity index (χ0) is 17.3. The van der Waals surface area contributed by atoms with Crippen LogP contribution < -0.4 is 10.9 Å². The van der Waals surface area contributed by atoms with Gasteiger partial charge in [0.2, 0.25) is 5.91 Å². The van der Waals surface area contributed by atoms with Crippen molar-refractivity contribution in [1.82, 2.24) is 24.5 Å². The van der Waals surface area contributed by atoms with E-state index >= 15 is 0 Å². The number of nitrogens with one attached hydrogen (secondary N) is 1. The van der Waals surface area contributed by atoms with Gasteiger partial charge < -0.3 is 5.32 Å². The lowest BCUT2D eigenvalue weighted by Gasteiger charge is -2.06. The zero-order valence-electron chi connectivity index (χ0n) is 12.4. The third-order valence-electron chi connectivity index (χ3n) is 3.26. The maximum absolute atomic E-state index is 12.2. The Balaban J connectivity index is 1.76. The summed E-state index contributed by atoms with van der Waals surface area (Å²) in [5.41, 5.74) is 0.218. The minimum absolute atomic E-state index is 0.0723. The van der Waals surface area contributed by atoms with Gasteiger partial charge in [-0.3, -0.25) is 24.3 Å². The van der Waals surface area contributed by atoms with Crippen LogP contribution in [-0.2, 0) is 18.4 Å². The van der Waals surface area contributed by atoms with E-state index in [9.17, 15) is 19.7 Å². The minimum Gasteiger partial charge on any atom is -0.325 e. The van der Waals surface area contributed by atoms with Crippen molar-refractivity contribution in [2.45, 2.75) is 6.54 Å². The summed E-state index contributed by atoms with van der Waals surface area (Å²) < 4.78 is 2.47. The average Bonchev–Trinajstić information content (AvgIpc) is 2.92. The molecule has 0 fully saturated rings. The van der Waals surface area contributed by atoms with Crippen molar-refractivity contribution in [3.8, 4) is 0 Å². The number of amides is 1. The highest BCUT2D eigenvalue weighted by atomic mass is 16.6. The third-order valence-corrected chi connectivity index (χ3v) is 3.26. The molecule has 1 aromatic carbocycles. The molecule has 24 heavy (non-hydrogen) atoms. The van der Waals surface area contributed by atoms with Crippen LogP contribution in [0, 0.1) is 10.1 Å². The lowest BCUT2D eigenvalue weighted by atomic mass is 10.3. The molecule has 0 aliphatic rings. The Hall–Kier alpha value is -3.63. The normalized spacial score (nSPS) is 10.7. The highest BCUT2D eigenvalue weighted by Crippen LogP contribution is 2.15. The Morgan fingerprint density at radius 1 is 1.33 bits per heavy atom. The van der Waals surface area contributed by atoms with E-state index in [2.05, 4.69) is 20.6 Å². The van der Waals surface area contributed by atoms with Crippen molar-refractivity contribution < 1.29 is 9.72 Å². The zero-order valence-corrected chi connectivity index (χ0v) is 12.4. The molecule has 1 amide bonds. The SMILES string of the molecule is Cn1nnc2c(=O)n(CC(=O)Nc3ccc([N+](=O)[O-])cc3)cnc21. The maximum Gasteiger partial charge on any atom is 0.283 e. The van der Waals surface area contributed by atoms with E-state index in [1.165, 1.54) is 35.3 Å². The van der Waals surface area contributed by atoms with E-state index in [-0.39, 0.29) is 17.7 Å². The number of carbonyl (C=O) groups is 1. The number of aryl methyl sites for hydroxylation is 1. The fourth-order valence-corrected chi connectivity index (χ4v) is 2.08. The Labute approximate surface area is 133 Å². The number of nitrogens with zero attached hydrogens (tertiary/aromatic N) is 6. The summed E-state index contributed by atoms with van der Waals surface area (Å²) in [5, 5.41) is 20.5. The van der Waals surface area contributed by atoms with Gasteiger partial charge in [-0.25, -0.2) is 9.67 Å². The van der Waals surface area contributed by atoms with Crippen LogP contribution in [0.3, 0.4) is 0 Å². The summed E-state index contributed by atoms with van der Waals surface area (Å²) in [6.07, 6.45) is 1.24. The molecule has 11 heteroatoms. The summed E-state index contributed by atoms with van der Waals surface area (Å²) in [7, 11) is 1.60. The Bertz CT molecular complexity index is 990. The van der Waals surface area contributed by atoms with Crippen LogP contribution in [0.2, 0.25) is 0 Å². The molecule has 0 radical (unpaired) electrons. The highest BCUT2D eigenvalue weighted by molar-refractivity contribution is 5.90. The molecule has 3 rings (SSSR count). The molecule has 2 heterocycles. The molecule has 1 N–H and O–H groups in total. The van der Waals surface area contributed by atoms with Gasteiger partial charge in [-0.05, 0) is 12.1 Å². The third kappa shape index (κ3) is 2.82. The largest absolute Gasteiger partial charge is 0.325 e. The van der Waals surface area contributed by atoms with Crippen molar-refractivity contribution in [3.05, 3.63) is 51.1 Å². The Kier molecular flexibility index (Phi) is 3.74. The molecule has 11 nitrogen and oxygen atoms in total. The van der Waals surface area contributed by atoms with Gasteiger partial charge in [0, 0.05) is 24.9 Å². The van der Waals surface area contributed by atoms with E-state index in [0.717, 1.165) is 4.57 Å². The molecule has 3 aromatic rings. The lowest BCUT2D eigenvalue weighted by Crippen LogP contribution is -2.28. The fourth-order valence-electron chi connectivity index (χ4n) is 2.08. The quantitative estimate of drug-likeness (QED) is 0.528.